The first-order chi connectivity index (χ1) is 14.6. The maximum absolute atomic E-state index is 13.3. The Morgan fingerprint density at radius 1 is 1.00 bits per heavy atom. The Labute approximate surface area is 187 Å². The van der Waals surface area contributed by atoms with E-state index in [0.29, 0.717) is 23.9 Å². The number of hydrogen-bond donors (Lipinski definition) is 0. The number of rotatable bonds is 5. The van der Waals surface area contributed by atoms with Gasteiger partial charge in [0.25, 0.3) is 5.56 Å². The predicted molar refractivity (Wildman–Crippen MR) is 124 cm³/mol. The van der Waals surface area contributed by atoms with Crippen LogP contribution in [0.5, 0.6) is 0 Å². The van der Waals surface area contributed by atoms with Crippen molar-refractivity contribution >= 4 is 23.2 Å². The van der Waals surface area contributed by atoms with E-state index in [2.05, 4.69) is 11.5 Å². The molecule has 5 rings (SSSR count). The molecule has 0 aliphatic carbocycles. The highest BCUT2D eigenvalue weighted by atomic mass is 35.5. The van der Waals surface area contributed by atoms with E-state index in [1.165, 1.54) is 25.0 Å². The van der Waals surface area contributed by atoms with Crippen molar-refractivity contribution in [2.75, 3.05) is 6.54 Å². The van der Waals surface area contributed by atoms with E-state index in [1.807, 2.05) is 30.3 Å². The summed E-state index contributed by atoms with van der Waals surface area (Å²) in [4.78, 5) is 15.9. The minimum atomic E-state index is -0.247. The average Bonchev–Trinajstić information content (AvgIpc) is 2.99. The number of halogens is 2. The summed E-state index contributed by atoms with van der Waals surface area (Å²) >= 11 is 0. The monoisotopic (exact) mass is 439 g/mol. The van der Waals surface area contributed by atoms with Crippen molar-refractivity contribution in [2.24, 2.45) is 0 Å². The summed E-state index contributed by atoms with van der Waals surface area (Å²) in [5, 5.41) is 6.48. The molecule has 1 aromatic heterocycles. The van der Waals surface area contributed by atoms with Crippen LogP contribution in [0.15, 0.2) is 66.0 Å². The predicted octanol–water partition coefficient (Wildman–Crippen LogP) is 4.90. The quantitative estimate of drug-likeness (QED) is 0.530. The topological polar surface area (TPSA) is 38.1 Å². The molecule has 162 valence electrons. The Morgan fingerprint density at radius 2 is 1.65 bits per heavy atom. The Hall–Kier alpha value is -2.50. The van der Waals surface area contributed by atoms with Gasteiger partial charge in [-0.25, -0.2) is 9.07 Å². The second kappa shape index (κ2) is 8.93. The van der Waals surface area contributed by atoms with Gasteiger partial charge in [-0.1, -0.05) is 36.4 Å². The van der Waals surface area contributed by atoms with Crippen molar-refractivity contribution in [3.05, 3.63) is 88.6 Å². The number of hydrogen-bond acceptors (Lipinski definition) is 3. The van der Waals surface area contributed by atoms with Crippen LogP contribution in [0.2, 0.25) is 0 Å². The first-order valence-corrected chi connectivity index (χ1v) is 10.8. The molecule has 2 fully saturated rings. The zero-order valence-corrected chi connectivity index (χ0v) is 18.2. The molecule has 0 saturated carbocycles. The van der Waals surface area contributed by atoms with Gasteiger partial charge in [-0.05, 0) is 49.4 Å². The van der Waals surface area contributed by atoms with Crippen molar-refractivity contribution in [1.29, 1.82) is 0 Å². The molecule has 2 saturated heterocycles. The number of nitrogens with zero attached hydrogens (tertiary/aromatic N) is 3. The van der Waals surface area contributed by atoms with Crippen LogP contribution in [-0.2, 0) is 6.42 Å². The van der Waals surface area contributed by atoms with Gasteiger partial charge in [-0.3, -0.25) is 9.69 Å². The molecule has 2 bridgehead atoms. The lowest BCUT2D eigenvalue weighted by atomic mass is 9.97. The average molecular weight is 440 g/mol. The van der Waals surface area contributed by atoms with Crippen LogP contribution in [0.4, 0.5) is 4.39 Å². The highest BCUT2D eigenvalue weighted by molar-refractivity contribution is 5.85. The van der Waals surface area contributed by atoms with E-state index in [1.54, 1.807) is 16.8 Å². The van der Waals surface area contributed by atoms with E-state index in [9.17, 15) is 9.18 Å². The highest BCUT2D eigenvalue weighted by Crippen LogP contribution is 2.40. The molecule has 2 aliphatic rings. The van der Waals surface area contributed by atoms with Crippen molar-refractivity contribution < 1.29 is 4.39 Å². The summed E-state index contributed by atoms with van der Waals surface area (Å²) in [6.07, 6.45) is 6.81. The first kappa shape index (κ1) is 21.7. The molecule has 3 aromatic rings. The lowest BCUT2D eigenvalue weighted by Crippen LogP contribution is -2.45. The van der Waals surface area contributed by atoms with Gasteiger partial charge >= 0.3 is 0 Å². The third-order valence-electron chi connectivity index (χ3n) is 6.73. The molecule has 2 atom stereocenters. The summed E-state index contributed by atoms with van der Waals surface area (Å²) in [5.74, 6) is -0.247. The molecule has 6 heteroatoms. The SMILES string of the molecule is C=CCN1C2CCC1CC(n1nc(Cc3ccc(F)cc3)c3ccccc3c1=O)C2.Cl. The van der Waals surface area contributed by atoms with E-state index in [0.717, 1.165) is 36.0 Å². The smallest absolute Gasteiger partial charge is 0.274 e. The van der Waals surface area contributed by atoms with Gasteiger partial charge in [0, 0.05) is 30.4 Å². The Bertz CT molecular complexity index is 1130. The summed E-state index contributed by atoms with van der Waals surface area (Å²) in [5.41, 5.74) is 1.85. The number of piperidine rings is 1. The fourth-order valence-corrected chi connectivity index (χ4v) is 5.34. The minimum absolute atomic E-state index is 0. The Kier molecular flexibility index (Phi) is 6.26. The van der Waals surface area contributed by atoms with Crippen molar-refractivity contribution in [3.8, 4) is 0 Å². The molecule has 2 aliphatic heterocycles. The molecule has 2 unspecified atom stereocenters. The van der Waals surface area contributed by atoms with Crippen LogP contribution in [0.3, 0.4) is 0 Å². The van der Waals surface area contributed by atoms with Crippen molar-refractivity contribution in [1.82, 2.24) is 14.7 Å². The molecule has 0 amide bonds. The van der Waals surface area contributed by atoms with Crippen LogP contribution in [-0.4, -0.2) is 33.3 Å². The molecule has 4 nitrogen and oxygen atoms in total. The molecule has 0 spiro atoms. The number of benzene rings is 2. The molecule has 2 aromatic carbocycles. The standard InChI is InChI=1S/C25H26FN3O.ClH/c1-2-13-28-19-11-12-20(28)16-21(15-19)29-25(30)23-6-4-3-5-22(23)24(27-29)14-17-7-9-18(26)10-8-17;/h2-10,19-21H,1,11-16H2;1H. The number of aromatic nitrogens is 2. The Morgan fingerprint density at radius 3 is 2.29 bits per heavy atom. The maximum Gasteiger partial charge on any atom is 0.274 e. The first-order valence-electron chi connectivity index (χ1n) is 10.8. The van der Waals surface area contributed by atoms with Gasteiger partial charge in [0.05, 0.1) is 17.1 Å². The fourth-order valence-electron chi connectivity index (χ4n) is 5.34. The van der Waals surface area contributed by atoms with E-state index >= 15 is 0 Å². The second-order valence-electron chi connectivity index (χ2n) is 8.54. The van der Waals surface area contributed by atoms with E-state index < -0.39 is 0 Å². The van der Waals surface area contributed by atoms with Gasteiger partial charge in [-0.2, -0.15) is 5.10 Å². The third-order valence-corrected chi connectivity index (χ3v) is 6.73. The van der Waals surface area contributed by atoms with Crippen LogP contribution >= 0.6 is 12.4 Å². The summed E-state index contributed by atoms with van der Waals surface area (Å²) in [6, 6.07) is 15.3. The highest BCUT2D eigenvalue weighted by Gasteiger charge is 2.41. The lowest BCUT2D eigenvalue weighted by molar-refractivity contribution is 0.113. The summed E-state index contributed by atoms with van der Waals surface area (Å²) in [7, 11) is 0. The molecule has 31 heavy (non-hydrogen) atoms. The summed E-state index contributed by atoms with van der Waals surface area (Å²) < 4.78 is 15.1. The van der Waals surface area contributed by atoms with Gasteiger partial charge < -0.3 is 0 Å². The van der Waals surface area contributed by atoms with E-state index in [4.69, 9.17) is 5.10 Å². The van der Waals surface area contributed by atoms with Gasteiger partial charge in [-0.15, -0.1) is 19.0 Å². The van der Waals surface area contributed by atoms with Crippen LogP contribution in [0, 0.1) is 5.82 Å². The van der Waals surface area contributed by atoms with Crippen LogP contribution in [0.1, 0.15) is 43.0 Å². The largest absolute Gasteiger partial charge is 0.294 e. The zero-order chi connectivity index (χ0) is 20.7. The normalized spacial score (nSPS) is 22.9. The van der Waals surface area contributed by atoms with Crippen LogP contribution in [0.25, 0.3) is 10.8 Å². The van der Waals surface area contributed by atoms with Gasteiger partial charge in [0.2, 0.25) is 0 Å². The molecule has 3 heterocycles. The number of fused-ring (bicyclic) bond motifs is 3. The zero-order valence-electron chi connectivity index (χ0n) is 17.4. The van der Waals surface area contributed by atoms with Crippen molar-refractivity contribution in [2.45, 2.75) is 50.2 Å². The fraction of sp³-hybridized carbons (Fsp3) is 0.360. The Balaban J connectivity index is 0.00000231. The third kappa shape index (κ3) is 4.04. The lowest BCUT2D eigenvalue weighted by Gasteiger charge is -2.38. The van der Waals surface area contributed by atoms with Crippen LogP contribution < -0.4 is 5.56 Å². The minimum Gasteiger partial charge on any atom is -0.294 e. The maximum atomic E-state index is 13.3. The molecule has 0 radical (unpaired) electrons. The van der Waals surface area contributed by atoms with Crippen molar-refractivity contribution in [3.63, 3.8) is 0 Å². The summed E-state index contributed by atoms with van der Waals surface area (Å²) in [6.45, 7) is 4.82. The second-order valence-corrected chi connectivity index (χ2v) is 8.54. The van der Waals surface area contributed by atoms with Gasteiger partial charge in [0.15, 0.2) is 0 Å². The van der Waals surface area contributed by atoms with Gasteiger partial charge in [0.1, 0.15) is 5.82 Å². The molecular weight excluding hydrogens is 413 g/mol. The molecular formula is C25H27ClFN3O. The van der Waals surface area contributed by atoms with E-state index in [-0.39, 0.29) is 29.8 Å². The molecule has 0 N–H and O–H groups in total.